The quantitative estimate of drug-likeness (QED) is 0.871. The van der Waals surface area contributed by atoms with Crippen LogP contribution in [-0.2, 0) is 4.74 Å². The van der Waals surface area contributed by atoms with Gasteiger partial charge in [-0.05, 0) is 26.3 Å². The van der Waals surface area contributed by atoms with E-state index in [1.807, 2.05) is 0 Å². The van der Waals surface area contributed by atoms with Crippen molar-refractivity contribution in [2.24, 2.45) is 0 Å². The first-order chi connectivity index (χ1) is 9.26. The highest BCUT2D eigenvalue weighted by molar-refractivity contribution is 7.13. The molecule has 1 aromatic heterocycles. The van der Waals surface area contributed by atoms with E-state index >= 15 is 0 Å². The van der Waals surface area contributed by atoms with Crippen LogP contribution in [0.2, 0.25) is 0 Å². The van der Waals surface area contributed by atoms with E-state index in [0.717, 1.165) is 50.0 Å². The van der Waals surface area contributed by atoms with Crippen molar-refractivity contribution in [3.05, 3.63) is 11.1 Å². The number of nitrogens with one attached hydrogen (secondary N) is 1. The van der Waals surface area contributed by atoms with Crippen LogP contribution in [0, 0.1) is 0 Å². The summed E-state index contributed by atoms with van der Waals surface area (Å²) in [6.07, 6.45) is 2.27. The minimum absolute atomic E-state index is 0.339. The van der Waals surface area contributed by atoms with Crippen molar-refractivity contribution in [3.8, 4) is 0 Å². The van der Waals surface area contributed by atoms with E-state index in [9.17, 15) is 0 Å². The molecule has 0 bridgehead atoms. The zero-order chi connectivity index (χ0) is 13.7. The van der Waals surface area contributed by atoms with Gasteiger partial charge in [0.1, 0.15) is 0 Å². The number of thiazole rings is 1. The van der Waals surface area contributed by atoms with Gasteiger partial charge in [0.15, 0.2) is 5.13 Å². The van der Waals surface area contributed by atoms with Gasteiger partial charge in [0.25, 0.3) is 0 Å². The third-order valence-electron chi connectivity index (χ3n) is 3.60. The largest absolute Gasteiger partial charge is 0.377 e. The predicted octanol–water partition coefficient (Wildman–Crippen LogP) is 2.82. The summed E-state index contributed by atoms with van der Waals surface area (Å²) in [5.74, 6) is 0. The van der Waals surface area contributed by atoms with E-state index in [-0.39, 0.29) is 0 Å². The maximum atomic E-state index is 5.55. The molecule has 5 heteroatoms. The molecule has 1 aromatic rings. The standard InChI is InChI=1S/C14H25N3OS/c1-4-6-15-11(3)13-10-19-14(16-13)17-7-8-18-9-12(17)5-2/h10-12,15H,4-9H2,1-3H3. The molecule has 0 spiro atoms. The molecule has 1 N–H and O–H groups in total. The van der Waals surface area contributed by atoms with Crippen LogP contribution < -0.4 is 10.2 Å². The molecule has 2 rings (SSSR count). The minimum Gasteiger partial charge on any atom is -0.377 e. The Morgan fingerprint density at radius 2 is 2.42 bits per heavy atom. The second-order valence-electron chi connectivity index (χ2n) is 5.06. The molecular formula is C14H25N3OS. The first kappa shape index (κ1) is 14.8. The Labute approximate surface area is 120 Å². The molecule has 1 aliphatic heterocycles. The average molecular weight is 283 g/mol. The van der Waals surface area contributed by atoms with Gasteiger partial charge in [-0.3, -0.25) is 0 Å². The zero-order valence-corrected chi connectivity index (χ0v) is 13.0. The van der Waals surface area contributed by atoms with Crippen molar-refractivity contribution < 1.29 is 4.74 Å². The van der Waals surface area contributed by atoms with Crippen molar-refractivity contribution in [2.75, 3.05) is 31.2 Å². The van der Waals surface area contributed by atoms with Crippen LogP contribution in [0.25, 0.3) is 0 Å². The second-order valence-corrected chi connectivity index (χ2v) is 5.90. The Balaban J connectivity index is 2.02. The van der Waals surface area contributed by atoms with Crippen LogP contribution in [0.4, 0.5) is 5.13 Å². The van der Waals surface area contributed by atoms with Crippen LogP contribution in [-0.4, -0.2) is 37.3 Å². The summed E-state index contributed by atoms with van der Waals surface area (Å²) >= 11 is 1.76. The molecule has 0 amide bonds. The summed E-state index contributed by atoms with van der Waals surface area (Å²) in [6, 6.07) is 0.817. The molecule has 2 atom stereocenters. The van der Waals surface area contributed by atoms with Crippen LogP contribution in [0.1, 0.15) is 45.3 Å². The summed E-state index contributed by atoms with van der Waals surface area (Å²) in [5, 5.41) is 6.82. The molecule has 108 valence electrons. The Kier molecular flexibility index (Phi) is 5.60. The highest BCUT2D eigenvalue weighted by atomic mass is 32.1. The monoisotopic (exact) mass is 283 g/mol. The van der Waals surface area contributed by atoms with Gasteiger partial charge in [0.05, 0.1) is 24.9 Å². The van der Waals surface area contributed by atoms with Crippen LogP contribution in [0.5, 0.6) is 0 Å². The van der Waals surface area contributed by atoms with E-state index in [1.165, 1.54) is 0 Å². The first-order valence-electron chi connectivity index (χ1n) is 7.29. The van der Waals surface area contributed by atoms with Gasteiger partial charge >= 0.3 is 0 Å². The van der Waals surface area contributed by atoms with Gasteiger partial charge in [0.2, 0.25) is 0 Å². The number of morpholine rings is 1. The summed E-state index contributed by atoms with van der Waals surface area (Å²) in [4.78, 5) is 7.22. The van der Waals surface area contributed by atoms with Gasteiger partial charge in [-0.25, -0.2) is 4.98 Å². The van der Waals surface area contributed by atoms with Crippen LogP contribution in [0.15, 0.2) is 5.38 Å². The molecule has 2 unspecified atom stereocenters. The number of hydrogen-bond acceptors (Lipinski definition) is 5. The Morgan fingerprint density at radius 1 is 1.58 bits per heavy atom. The lowest BCUT2D eigenvalue weighted by atomic mass is 10.2. The van der Waals surface area contributed by atoms with Gasteiger partial charge in [-0.2, -0.15) is 0 Å². The van der Waals surface area contributed by atoms with Crippen molar-refractivity contribution in [2.45, 2.75) is 45.7 Å². The normalized spacial score (nSPS) is 21.6. The molecule has 0 aromatic carbocycles. The SMILES string of the molecule is CCCNC(C)c1csc(N2CCOCC2CC)n1. The fourth-order valence-electron chi connectivity index (χ4n) is 2.32. The maximum absolute atomic E-state index is 5.55. The van der Waals surface area contributed by atoms with Crippen molar-refractivity contribution in [3.63, 3.8) is 0 Å². The molecule has 1 aliphatic rings. The lowest BCUT2D eigenvalue weighted by molar-refractivity contribution is 0.0929. The molecule has 19 heavy (non-hydrogen) atoms. The molecule has 0 aliphatic carbocycles. The number of aromatic nitrogens is 1. The number of ether oxygens (including phenoxy) is 1. The summed E-state index contributed by atoms with van der Waals surface area (Å²) in [5.41, 5.74) is 1.16. The first-order valence-corrected chi connectivity index (χ1v) is 8.17. The number of rotatable bonds is 6. The number of hydrogen-bond donors (Lipinski definition) is 1. The van der Waals surface area contributed by atoms with Crippen molar-refractivity contribution in [1.29, 1.82) is 0 Å². The second kappa shape index (κ2) is 7.22. The van der Waals surface area contributed by atoms with Gasteiger partial charge < -0.3 is 15.0 Å². The Morgan fingerprint density at radius 3 is 3.16 bits per heavy atom. The highest BCUT2D eigenvalue weighted by Gasteiger charge is 2.24. The smallest absolute Gasteiger partial charge is 0.185 e. The van der Waals surface area contributed by atoms with Crippen molar-refractivity contribution >= 4 is 16.5 Å². The summed E-state index contributed by atoms with van der Waals surface area (Å²) in [7, 11) is 0. The lowest BCUT2D eigenvalue weighted by Crippen LogP contribution is -2.45. The third-order valence-corrected chi connectivity index (χ3v) is 4.49. The van der Waals surface area contributed by atoms with E-state index in [0.29, 0.717) is 12.1 Å². The van der Waals surface area contributed by atoms with Crippen LogP contribution in [0.3, 0.4) is 0 Å². The fraction of sp³-hybridized carbons (Fsp3) is 0.786. The number of nitrogens with zero attached hydrogens (tertiary/aromatic N) is 2. The van der Waals surface area contributed by atoms with Crippen molar-refractivity contribution in [1.82, 2.24) is 10.3 Å². The highest BCUT2D eigenvalue weighted by Crippen LogP contribution is 2.27. The zero-order valence-electron chi connectivity index (χ0n) is 12.2. The van der Waals surface area contributed by atoms with E-state index in [4.69, 9.17) is 9.72 Å². The van der Waals surface area contributed by atoms with E-state index in [2.05, 4.69) is 36.4 Å². The molecule has 1 fully saturated rings. The van der Waals surface area contributed by atoms with Gasteiger partial charge in [-0.15, -0.1) is 11.3 Å². The van der Waals surface area contributed by atoms with E-state index < -0.39 is 0 Å². The predicted molar refractivity (Wildman–Crippen MR) is 81.1 cm³/mol. The molecular weight excluding hydrogens is 258 g/mol. The topological polar surface area (TPSA) is 37.4 Å². The lowest BCUT2D eigenvalue weighted by Gasteiger charge is -2.34. The summed E-state index contributed by atoms with van der Waals surface area (Å²) in [6.45, 7) is 10.2. The van der Waals surface area contributed by atoms with Gasteiger partial charge in [-0.1, -0.05) is 13.8 Å². The third kappa shape index (κ3) is 3.68. The molecule has 0 radical (unpaired) electrons. The molecule has 4 nitrogen and oxygen atoms in total. The fourth-order valence-corrected chi connectivity index (χ4v) is 3.33. The summed E-state index contributed by atoms with van der Waals surface area (Å²) < 4.78 is 5.55. The molecule has 1 saturated heterocycles. The Bertz CT molecular complexity index is 383. The molecule has 0 saturated carbocycles. The van der Waals surface area contributed by atoms with Gasteiger partial charge in [0, 0.05) is 18.0 Å². The molecule has 2 heterocycles. The Hall–Kier alpha value is -0.650. The van der Waals surface area contributed by atoms with Crippen LogP contribution >= 0.6 is 11.3 Å². The number of anilines is 1. The maximum Gasteiger partial charge on any atom is 0.185 e. The van der Waals surface area contributed by atoms with E-state index in [1.54, 1.807) is 11.3 Å². The average Bonchev–Trinajstić information content (AvgIpc) is 2.94. The minimum atomic E-state index is 0.339.